The molecular weight excluding hydrogens is 388 g/mol. The fraction of sp³-hybridized carbons (Fsp3) is 0.214. The second kappa shape index (κ2) is 6.91. The minimum Gasteiger partial charge on any atom is -0.347 e. The highest BCUT2D eigenvalue weighted by Gasteiger charge is 2.19. The van der Waals surface area contributed by atoms with Gasteiger partial charge in [-0.3, -0.25) is 4.79 Å². The fourth-order valence-electron chi connectivity index (χ4n) is 1.64. The van der Waals surface area contributed by atoms with Crippen molar-refractivity contribution in [1.29, 1.82) is 0 Å². The van der Waals surface area contributed by atoms with E-state index in [9.17, 15) is 13.2 Å². The highest BCUT2D eigenvalue weighted by Crippen LogP contribution is 2.23. The maximum absolute atomic E-state index is 12.0. The summed E-state index contributed by atoms with van der Waals surface area (Å²) in [4.78, 5) is 12.8. The van der Waals surface area contributed by atoms with Crippen LogP contribution >= 0.6 is 27.3 Å². The van der Waals surface area contributed by atoms with E-state index in [0.29, 0.717) is 12.1 Å². The van der Waals surface area contributed by atoms with Crippen LogP contribution in [-0.4, -0.2) is 32.7 Å². The first-order valence-electron chi connectivity index (χ1n) is 6.35. The predicted octanol–water partition coefficient (Wildman–Crippen LogP) is 2.69. The topological polar surface area (TPSA) is 66.5 Å². The molecule has 1 aromatic carbocycles. The van der Waals surface area contributed by atoms with E-state index in [4.69, 9.17) is 0 Å². The number of sulfonamides is 1. The molecule has 0 saturated carbocycles. The molecule has 5 nitrogen and oxygen atoms in total. The van der Waals surface area contributed by atoms with Gasteiger partial charge in [0, 0.05) is 29.0 Å². The molecule has 0 bridgehead atoms. The number of hydrogen-bond acceptors (Lipinski definition) is 4. The first-order chi connectivity index (χ1) is 10.3. The lowest BCUT2D eigenvalue weighted by atomic mass is 10.2. The van der Waals surface area contributed by atoms with E-state index in [1.807, 2.05) is 0 Å². The molecule has 0 unspecified atom stereocenters. The number of nitrogens with zero attached hydrogens (tertiary/aromatic N) is 1. The van der Waals surface area contributed by atoms with Gasteiger partial charge in [-0.15, -0.1) is 11.3 Å². The number of hydrogen-bond donors (Lipinski definition) is 1. The highest BCUT2D eigenvalue weighted by atomic mass is 79.9. The van der Waals surface area contributed by atoms with Crippen LogP contribution in [0.3, 0.4) is 0 Å². The minimum absolute atomic E-state index is 0.196. The Kier molecular flexibility index (Phi) is 5.38. The van der Waals surface area contributed by atoms with Crippen molar-refractivity contribution in [3.05, 3.63) is 51.3 Å². The molecule has 8 heteroatoms. The Morgan fingerprint density at radius 2 is 1.82 bits per heavy atom. The summed E-state index contributed by atoms with van der Waals surface area (Å²) in [7, 11) is -0.437. The van der Waals surface area contributed by atoms with Gasteiger partial charge in [0.2, 0.25) is 0 Å². The van der Waals surface area contributed by atoms with Crippen LogP contribution in [0.15, 0.2) is 45.1 Å². The van der Waals surface area contributed by atoms with Crippen molar-refractivity contribution in [1.82, 2.24) is 9.62 Å². The van der Waals surface area contributed by atoms with Gasteiger partial charge in [0.1, 0.15) is 4.21 Å². The number of amides is 1. The molecule has 118 valence electrons. The molecule has 0 radical (unpaired) electrons. The lowest BCUT2D eigenvalue weighted by molar-refractivity contribution is 0.0951. The molecule has 1 heterocycles. The number of carbonyl (C=O) groups is 1. The Balaban J connectivity index is 2.02. The van der Waals surface area contributed by atoms with Crippen LogP contribution in [0.1, 0.15) is 15.2 Å². The van der Waals surface area contributed by atoms with Crippen molar-refractivity contribution in [3.63, 3.8) is 0 Å². The van der Waals surface area contributed by atoms with Gasteiger partial charge >= 0.3 is 0 Å². The summed E-state index contributed by atoms with van der Waals surface area (Å²) in [6.45, 7) is 0.294. The molecule has 0 saturated heterocycles. The predicted molar refractivity (Wildman–Crippen MR) is 90.5 cm³/mol. The molecule has 0 spiro atoms. The third kappa shape index (κ3) is 3.95. The molecule has 0 fully saturated rings. The van der Waals surface area contributed by atoms with Gasteiger partial charge < -0.3 is 5.32 Å². The summed E-state index contributed by atoms with van der Waals surface area (Å²) < 4.78 is 26.3. The average molecular weight is 403 g/mol. The molecule has 1 amide bonds. The smallest absolute Gasteiger partial charge is 0.252 e. The standard InChI is InChI=1S/C14H15BrN2O3S2/c1-17(2)22(19,20)13-8-7-12(21-13)9-16-14(18)10-3-5-11(15)6-4-10/h3-8H,9H2,1-2H3,(H,16,18). The van der Waals surface area contributed by atoms with Gasteiger partial charge in [-0.2, -0.15) is 0 Å². The number of thiophene rings is 1. The maximum Gasteiger partial charge on any atom is 0.252 e. The van der Waals surface area contributed by atoms with E-state index < -0.39 is 10.0 Å². The zero-order valence-corrected chi connectivity index (χ0v) is 15.3. The van der Waals surface area contributed by atoms with E-state index in [1.165, 1.54) is 18.4 Å². The second-order valence-corrected chi connectivity index (χ2v) is 9.16. The SMILES string of the molecule is CN(C)S(=O)(=O)c1ccc(CNC(=O)c2ccc(Br)cc2)s1. The number of carbonyl (C=O) groups excluding carboxylic acids is 1. The maximum atomic E-state index is 12.0. The summed E-state index contributed by atoms with van der Waals surface area (Å²) in [5.41, 5.74) is 0.556. The lowest BCUT2D eigenvalue weighted by Gasteiger charge is -2.08. The monoisotopic (exact) mass is 402 g/mol. The van der Waals surface area contributed by atoms with Gasteiger partial charge in [-0.25, -0.2) is 12.7 Å². The van der Waals surface area contributed by atoms with Crippen LogP contribution < -0.4 is 5.32 Å². The van der Waals surface area contributed by atoms with Crippen molar-refractivity contribution in [3.8, 4) is 0 Å². The Morgan fingerprint density at radius 3 is 2.41 bits per heavy atom. The van der Waals surface area contributed by atoms with Crippen LogP contribution in [-0.2, 0) is 16.6 Å². The van der Waals surface area contributed by atoms with Crippen molar-refractivity contribution in [2.45, 2.75) is 10.8 Å². The van der Waals surface area contributed by atoms with Crippen LogP contribution in [0.4, 0.5) is 0 Å². The summed E-state index contributed by atoms with van der Waals surface area (Å²) in [5, 5.41) is 2.78. The number of halogens is 1. The van der Waals surface area contributed by atoms with Gasteiger partial charge in [0.15, 0.2) is 0 Å². The van der Waals surface area contributed by atoms with Crippen LogP contribution in [0.2, 0.25) is 0 Å². The van der Waals surface area contributed by atoms with Gasteiger partial charge in [-0.05, 0) is 36.4 Å². The van der Waals surface area contributed by atoms with Gasteiger partial charge in [0.05, 0.1) is 6.54 Å². The van der Waals surface area contributed by atoms with Gasteiger partial charge in [-0.1, -0.05) is 15.9 Å². The summed E-state index contributed by atoms with van der Waals surface area (Å²) in [6.07, 6.45) is 0. The average Bonchev–Trinajstić information content (AvgIpc) is 2.95. The Morgan fingerprint density at radius 1 is 1.18 bits per heavy atom. The molecule has 2 rings (SSSR count). The Bertz CT molecular complexity index is 768. The Hall–Kier alpha value is -1.22. The molecule has 1 aromatic heterocycles. The minimum atomic E-state index is -3.42. The van der Waals surface area contributed by atoms with Crippen LogP contribution in [0.25, 0.3) is 0 Å². The van der Waals surface area contributed by atoms with E-state index in [2.05, 4.69) is 21.2 Å². The van der Waals surface area contributed by atoms with Crippen LogP contribution in [0.5, 0.6) is 0 Å². The molecule has 1 N–H and O–H groups in total. The van der Waals surface area contributed by atoms with Crippen molar-refractivity contribution < 1.29 is 13.2 Å². The van der Waals surface area contributed by atoms with E-state index in [-0.39, 0.29) is 10.1 Å². The second-order valence-electron chi connectivity index (χ2n) is 4.70. The van der Waals surface area contributed by atoms with Crippen molar-refractivity contribution in [2.75, 3.05) is 14.1 Å². The van der Waals surface area contributed by atoms with Crippen LogP contribution in [0, 0.1) is 0 Å². The van der Waals surface area contributed by atoms with E-state index in [0.717, 1.165) is 20.7 Å². The molecule has 0 aliphatic carbocycles. The third-order valence-corrected chi connectivity index (χ3v) is 6.80. The lowest BCUT2D eigenvalue weighted by Crippen LogP contribution is -2.22. The summed E-state index contributed by atoms with van der Waals surface area (Å²) >= 11 is 4.47. The first-order valence-corrected chi connectivity index (χ1v) is 9.40. The summed E-state index contributed by atoms with van der Waals surface area (Å²) in [6, 6.07) is 10.3. The highest BCUT2D eigenvalue weighted by molar-refractivity contribution is 9.10. The molecule has 22 heavy (non-hydrogen) atoms. The first kappa shape index (κ1) is 17.1. The van der Waals surface area contributed by atoms with E-state index in [1.54, 1.807) is 36.4 Å². The van der Waals surface area contributed by atoms with Crippen molar-refractivity contribution >= 4 is 43.2 Å². The third-order valence-electron chi connectivity index (χ3n) is 2.90. The number of nitrogens with one attached hydrogen (secondary N) is 1. The Labute approximate surface area is 142 Å². The van der Waals surface area contributed by atoms with Gasteiger partial charge in [0.25, 0.3) is 15.9 Å². The van der Waals surface area contributed by atoms with E-state index >= 15 is 0 Å². The molecule has 0 aliphatic rings. The molecular formula is C14H15BrN2O3S2. The number of benzene rings is 1. The zero-order valence-electron chi connectivity index (χ0n) is 12.0. The molecule has 0 atom stereocenters. The normalized spacial score (nSPS) is 11.6. The van der Waals surface area contributed by atoms with Crippen molar-refractivity contribution in [2.24, 2.45) is 0 Å². The quantitative estimate of drug-likeness (QED) is 0.835. The number of rotatable bonds is 5. The zero-order chi connectivity index (χ0) is 16.3. The fourth-order valence-corrected chi connectivity index (χ4v) is 4.37. The summed E-state index contributed by atoms with van der Waals surface area (Å²) in [5.74, 6) is -0.196. The largest absolute Gasteiger partial charge is 0.347 e. The molecule has 0 aliphatic heterocycles. The molecule has 2 aromatic rings.